The number of benzene rings is 2. The summed E-state index contributed by atoms with van der Waals surface area (Å²) >= 11 is 2.57. The van der Waals surface area contributed by atoms with Crippen LogP contribution >= 0.6 is 15.9 Å². The molecule has 0 aromatic heterocycles. The van der Waals surface area contributed by atoms with Crippen LogP contribution in [0, 0.1) is 12.7 Å². The van der Waals surface area contributed by atoms with Gasteiger partial charge in [-0.2, -0.15) is 26.3 Å². The van der Waals surface area contributed by atoms with Crippen LogP contribution in [0.25, 0.3) is 0 Å². The summed E-state index contributed by atoms with van der Waals surface area (Å²) < 4.78 is 96.9. The molecule has 2 aromatic rings. The molecule has 2 aliphatic heterocycles. The van der Waals surface area contributed by atoms with E-state index in [4.69, 9.17) is 4.84 Å². The summed E-state index contributed by atoms with van der Waals surface area (Å²) in [4.78, 5) is 31.0. The average molecular weight is 624 g/mol. The Morgan fingerprint density at radius 2 is 1.90 bits per heavy atom. The second kappa shape index (κ2) is 10.1. The Balaban J connectivity index is 1.61. The molecule has 2 atom stereocenters. The summed E-state index contributed by atoms with van der Waals surface area (Å²) in [6.07, 6.45) is -11.4. The fourth-order valence-corrected chi connectivity index (χ4v) is 5.08. The van der Waals surface area contributed by atoms with Crippen LogP contribution in [0.3, 0.4) is 0 Å². The van der Waals surface area contributed by atoms with Crippen LogP contribution in [-0.2, 0) is 21.4 Å². The van der Waals surface area contributed by atoms with E-state index in [-0.39, 0.29) is 35.2 Å². The molecule has 39 heavy (non-hydrogen) atoms. The van der Waals surface area contributed by atoms with E-state index >= 15 is 0 Å². The molecule has 1 fully saturated rings. The number of carbonyl (C=O) groups excluding carboxylic acids is 2. The minimum absolute atomic E-state index is 0.0676. The molecule has 6 nitrogen and oxygen atoms in total. The van der Waals surface area contributed by atoms with Crippen molar-refractivity contribution in [2.24, 2.45) is 5.16 Å². The number of nitrogens with one attached hydrogen (secondary N) is 1. The van der Waals surface area contributed by atoms with Gasteiger partial charge in [0.2, 0.25) is 5.91 Å². The number of likely N-dealkylation sites (tertiary alicyclic amines) is 1. The number of nitrogens with zero attached hydrogens (tertiary/aromatic N) is 2. The van der Waals surface area contributed by atoms with Gasteiger partial charge in [-0.1, -0.05) is 11.2 Å². The molecule has 0 spiro atoms. The maximum Gasteiger partial charge on any atom is 0.435 e. The SMILES string of the molecule is CCN1CC(NC(=O)c2ccc(C3=NOC(c4cc(C(F)(F)F)cc(Br)c4F)(C(F)(F)F)C3)cc2C)CC1=O. The van der Waals surface area contributed by atoms with Crippen LogP contribution in [-0.4, -0.2) is 47.7 Å². The van der Waals surface area contributed by atoms with Crippen molar-refractivity contribution < 1.29 is 45.2 Å². The summed E-state index contributed by atoms with van der Waals surface area (Å²) in [7, 11) is 0. The number of oxime groups is 1. The fraction of sp³-hybridized carbons (Fsp3) is 0.400. The second-order valence-corrected chi connectivity index (χ2v) is 10.1. The Bertz CT molecular complexity index is 1360. The molecule has 0 radical (unpaired) electrons. The lowest BCUT2D eigenvalue weighted by Gasteiger charge is -2.30. The molecule has 1 N–H and O–H groups in total. The second-order valence-electron chi connectivity index (χ2n) is 9.28. The minimum atomic E-state index is -5.34. The smallest absolute Gasteiger partial charge is 0.374 e. The molecular formula is C25H21BrF7N3O3. The number of aryl methyl sites for hydroxylation is 1. The van der Waals surface area contributed by atoms with Crippen LogP contribution < -0.4 is 5.32 Å². The van der Waals surface area contributed by atoms with Crippen LogP contribution in [0.4, 0.5) is 30.7 Å². The molecule has 2 aliphatic rings. The number of hydrogen-bond donors (Lipinski definition) is 1. The molecule has 2 aromatic carbocycles. The molecule has 0 aliphatic carbocycles. The van der Waals surface area contributed by atoms with Crippen LogP contribution in [0.1, 0.15) is 52.4 Å². The lowest BCUT2D eigenvalue weighted by molar-refractivity contribution is -0.277. The topological polar surface area (TPSA) is 71.0 Å². The van der Waals surface area contributed by atoms with Crippen LogP contribution in [0.15, 0.2) is 40.0 Å². The molecule has 0 saturated carbocycles. The first-order chi connectivity index (χ1) is 18.1. The molecular weight excluding hydrogens is 603 g/mol. The summed E-state index contributed by atoms with van der Waals surface area (Å²) in [5.74, 6) is -2.14. The third-order valence-corrected chi connectivity index (χ3v) is 7.29. The minimum Gasteiger partial charge on any atom is -0.374 e. The van der Waals surface area contributed by atoms with Gasteiger partial charge in [-0.25, -0.2) is 4.39 Å². The molecule has 0 bridgehead atoms. The largest absolute Gasteiger partial charge is 0.435 e. The zero-order chi connectivity index (χ0) is 28.9. The first-order valence-corrected chi connectivity index (χ1v) is 12.4. The van der Waals surface area contributed by atoms with Crippen molar-refractivity contribution >= 4 is 33.5 Å². The lowest BCUT2D eigenvalue weighted by atomic mass is 9.85. The highest BCUT2D eigenvalue weighted by Crippen LogP contribution is 2.51. The Morgan fingerprint density at radius 1 is 1.21 bits per heavy atom. The summed E-state index contributed by atoms with van der Waals surface area (Å²) in [6, 6.07) is 4.05. The number of amides is 2. The first-order valence-electron chi connectivity index (χ1n) is 11.7. The molecule has 2 unspecified atom stereocenters. The van der Waals surface area contributed by atoms with Gasteiger partial charge in [0, 0.05) is 30.6 Å². The number of likely N-dealkylation sites (N-methyl/N-ethyl adjacent to an activating group) is 1. The highest BCUT2D eigenvalue weighted by molar-refractivity contribution is 9.10. The van der Waals surface area contributed by atoms with Crippen LogP contribution in [0.2, 0.25) is 0 Å². The van der Waals surface area contributed by atoms with Gasteiger partial charge in [0.25, 0.3) is 11.5 Å². The van der Waals surface area contributed by atoms with E-state index in [0.717, 1.165) is 0 Å². The van der Waals surface area contributed by atoms with Gasteiger partial charge in [-0.15, -0.1) is 0 Å². The van der Waals surface area contributed by atoms with Crippen molar-refractivity contribution in [1.82, 2.24) is 10.2 Å². The van der Waals surface area contributed by atoms with Gasteiger partial charge in [0.1, 0.15) is 5.82 Å². The monoisotopic (exact) mass is 623 g/mol. The summed E-state index contributed by atoms with van der Waals surface area (Å²) in [5, 5.41) is 6.24. The van der Waals surface area contributed by atoms with Crippen molar-refractivity contribution in [2.45, 2.75) is 50.7 Å². The van der Waals surface area contributed by atoms with E-state index in [2.05, 4.69) is 26.4 Å². The highest BCUT2D eigenvalue weighted by Gasteiger charge is 2.64. The average Bonchev–Trinajstić information content (AvgIpc) is 3.44. The van der Waals surface area contributed by atoms with Gasteiger partial charge < -0.3 is 15.1 Å². The number of carbonyl (C=O) groups is 2. The third-order valence-electron chi connectivity index (χ3n) is 6.71. The molecule has 2 amide bonds. The van der Waals surface area contributed by atoms with Gasteiger partial charge in [-0.3, -0.25) is 9.59 Å². The molecule has 2 heterocycles. The first kappa shape index (κ1) is 28.8. The number of rotatable bonds is 5. The highest BCUT2D eigenvalue weighted by atomic mass is 79.9. The lowest BCUT2D eigenvalue weighted by Crippen LogP contribution is -2.43. The van der Waals surface area contributed by atoms with E-state index < -0.39 is 57.7 Å². The third kappa shape index (κ3) is 5.35. The summed E-state index contributed by atoms with van der Waals surface area (Å²) in [5.41, 5.74) is -6.00. The Hall–Kier alpha value is -3.16. The number of alkyl halides is 6. The maximum absolute atomic E-state index is 14.9. The van der Waals surface area contributed by atoms with Crippen LogP contribution in [0.5, 0.6) is 0 Å². The quantitative estimate of drug-likeness (QED) is 0.425. The van der Waals surface area contributed by atoms with Gasteiger partial charge in [0.15, 0.2) is 0 Å². The van der Waals surface area contributed by atoms with Crippen molar-refractivity contribution in [2.75, 3.05) is 13.1 Å². The Morgan fingerprint density at radius 3 is 2.46 bits per heavy atom. The maximum atomic E-state index is 14.9. The Labute approximate surface area is 226 Å². The predicted octanol–water partition coefficient (Wildman–Crippen LogP) is 5.85. The Kier molecular flexibility index (Phi) is 7.47. The van der Waals surface area contributed by atoms with Crippen molar-refractivity contribution in [1.29, 1.82) is 0 Å². The van der Waals surface area contributed by atoms with E-state index in [1.54, 1.807) is 4.90 Å². The molecule has 4 rings (SSSR count). The summed E-state index contributed by atoms with van der Waals surface area (Å²) in [6.45, 7) is 4.21. The van der Waals surface area contributed by atoms with E-state index in [1.807, 2.05) is 6.92 Å². The van der Waals surface area contributed by atoms with E-state index in [9.17, 15) is 40.3 Å². The van der Waals surface area contributed by atoms with Gasteiger partial charge in [0.05, 0.1) is 28.2 Å². The zero-order valence-electron chi connectivity index (χ0n) is 20.4. The van der Waals surface area contributed by atoms with Crippen molar-refractivity contribution in [3.05, 3.63) is 68.4 Å². The van der Waals surface area contributed by atoms with Gasteiger partial charge >= 0.3 is 12.4 Å². The number of halogens is 8. The predicted molar refractivity (Wildman–Crippen MR) is 128 cm³/mol. The standard InChI is InChI=1S/C25H21BrF7N3O3/c1-3-36-11-15(9-20(36)37)34-22(38)16-5-4-13(6-12(16)2)19-10-23(39-35-19,25(31,32)33)17-7-14(24(28,29)30)8-18(26)21(17)27/h4-8,15H,3,9-11H2,1-2H3,(H,34,38). The normalized spacial score (nSPS) is 21.7. The van der Waals surface area contributed by atoms with Crippen molar-refractivity contribution in [3.8, 4) is 0 Å². The van der Waals surface area contributed by atoms with Gasteiger partial charge in [-0.05, 0) is 65.2 Å². The molecule has 210 valence electrons. The molecule has 1 saturated heterocycles. The fourth-order valence-electron chi connectivity index (χ4n) is 4.62. The van der Waals surface area contributed by atoms with Crippen molar-refractivity contribution in [3.63, 3.8) is 0 Å². The number of hydrogen-bond acceptors (Lipinski definition) is 4. The molecule has 14 heteroatoms. The zero-order valence-corrected chi connectivity index (χ0v) is 22.0. The van der Waals surface area contributed by atoms with E-state index in [0.29, 0.717) is 24.7 Å². The van der Waals surface area contributed by atoms with E-state index in [1.165, 1.54) is 25.1 Å².